The third kappa shape index (κ3) is 5.73. The molecular formula is C53H37N3. The second kappa shape index (κ2) is 13.9. The molecule has 0 aliphatic heterocycles. The summed E-state index contributed by atoms with van der Waals surface area (Å²) in [4.78, 5) is 15.4. The van der Waals surface area contributed by atoms with Gasteiger partial charge in [-0.05, 0) is 74.7 Å². The maximum Gasteiger partial charge on any atom is 0.164 e. The predicted octanol–water partition coefficient (Wildman–Crippen LogP) is 12.9. The van der Waals surface area contributed by atoms with Crippen molar-refractivity contribution in [1.82, 2.24) is 15.0 Å². The molecule has 1 aliphatic carbocycles. The van der Waals surface area contributed by atoms with Crippen molar-refractivity contribution in [2.45, 2.75) is 12.3 Å². The third-order valence-electron chi connectivity index (χ3n) is 11.1. The monoisotopic (exact) mass is 715 g/mol. The lowest BCUT2D eigenvalue weighted by molar-refractivity contribution is 0.769. The Morgan fingerprint density at radius 3 is 1.23 bits per heavy atom. The van der Waals surface area contributed by atoms with E-state index in [1.165, 1.54) is 55.6 Å². The lowest BCUT2D eigenvalue weighted by atomic mass is 9.67. The zero-order valence-corrected chi connectivity index (χ0v) is 31.0. The molecule has 0 radical (unpaired) electrons. The van der Waals surface area contributed by atoms with Gasteiger partial charge in [0.1, 0.15) is 0 Å². The molecule has 1 heterocycles. The van der Waals surface area contributed by atoms with Crippen molar-refractivity contribution in [3.63, 3.8) is 0 Å². The fraction of sp³-hybridized carbons (Fsp3) is 0.0377. The summed E-state index contributed by atoms with van der Waals surface area (Å²) in [7, 11) is 0. The molecular weight excluding hydrogens is 679 g/mol. The molecule has 0 unspecified atom stereocenters. The van der Waals surface area contributed by atoms with Crippen molar-refractivity contribution in [3.8, 4) is 67.5 Å². The van der Waals surface area contributed by atoms with E-state index in [2.05, 4.69) is 189 Å². The van der Waals surface area contributed by atoms with E-state index < -0.39 is 5.41 Å². The summed E-state index contributed by atoms with van der Waals surface area (Å²) < 4.78 is 0. The van der Waals surface area contributed by atoms with E-state index in [-0.39, 0.29) is 0 Å². The van der Waals surface area contributed by atoms with Gasteiger partial charge in [-0.2, -0.15) is 0 Å². The van der Waals surface area contributed by atoms with Crippen molar-refractivity contribution in [3.05, 3.63) is 234 Å². The molecule has 3 heteroatoms. The summed E-state index contributed by atoms with van der Waals surface area (Å²) in [5.74, 6) is 1.91. The smallest absolute Gasteiger partial charge is 0.164 e. The summed E-state index contributed by atoms with van der Waals surface area (Å²) >= 11 is 0. The van der Waals surface area contributed by atoms with Crippen LogP contribution in [0.4, 0.5) is 0 Å². The van der Waals surface area contributed by atoms with Gasteiger partial charge < -0.3 is 0 Å². The number of hydrogen-bond acceptors (Lipinski definition) is 3. The summed E-state index contributed by atoms with van der Waals surface area (Å²) in [6, 6.07) is 73.5. The van der Waals surface area contributed by atoms with Gasteiger partial charge in [0, 0.05) is 16.7 Å². The Morgan fingerprint density at radius 2 is 0.679 bits per heavy atom. The Hall–Kier alpha value is -7.23. The molecule has 1 aromatic heterocycles. The number of rotatable bonds is 7. The Balaban J connectivity index is 1.19. The summed E-state index contributed by atoms with van der Waals surface area (Å²) in [6.07, 6.45) is 0. The zero-order valence-electron chi connectivity index (χ0n) is 31.0. The van der Waals surface area contributed by atoms with Gasteiger partial charge in [0.2, 0.25) is 0 Å². The first-order valence-corrected chi connectivity index (χ1v) is 19.1. The SMILES string of the molecule is Cc1cccc(-c2ccc3c(c2)C(c2ccccc2)(c2ccccc2)c2cc(-c4nc(-c5ccccc5)nc(-c5ccc(-c6ccccc6)cc5)n4)ccc2-3)c1. The molecule has 0 fully saturated rings. The quantitative estimate of drug-likeness (QED) is 0.165. The van der Waals surface area contributed by atoms with E-state index in [0.29, 0.717) is 17.5 Å². The van der Waals surface area contributed by atoms with Crippen LogP contribution in [0, 0.1) is 6.92 Å². The highest BCUT2D eigenvalue weighted by atomic mass is 15.0. The van der Waals surface area contributed by atoms with Crippen LogP contribution in [-0.2, 0) is 5.41 Å². The first-order valence-electron chi connectivity index (χ1n) is 19.1. The van der Waals surface area contributed by atoms with Crippen LogP contribution >= 0.6 is 0 Å². The van der Waals surface area contributed by atoms with E-state index in [0.717, 1.165) is 22.3 Å². The van der Waals surface area contributed by atoms with E-state index in [9.17, 15) is 0 Å². The van der Waals surface area contributed by atoms with Crippen molar-refractivity contribution < 1.29 is 0 Å². The lowest BCUT2D eigenvalue weighted by Gasteiger charge is -2.34. The van der Waals surface area contributed by atoms with Gasteiger partial charge in [0.25, 0.3) is 0 Å². The minimum Gasteiger partial charge on any atom is -0.208 e. The molecule has 0 saturated carbocycles. The summed E-state index contributed by atoms with van der Waals surface area (Å²) in [5.41, 5.74) is 15.5. The molecule has 8 aromatic carbocycles. The van der Waals surface area contributed by atoms with Gasteiger partial charge >= 0.3 is 0 Å². The first-order chi connectivity index (χ1) is 27.6. The first kappa shape index (κ1) is 33.3. The van der Waals surface area contributed by atoms with Gasteiger partial charge in [-0.15, -0.1) is 0 Å². The molecule has 3 nitrogen and oxygen atoms in total. The summed E-state index contributed by atoms with van der Waals surface area (Å²) in [6.45, 7) is 2.15. The van der Waals surface area contributed by atoms with Gasteiger partial charge in [0.05, 0.1) is 5.41 Å². The highest BCUT2D eigenvalue weighted by Gasteiger charge is 2.46. The molecule has 0 N–H and O–H groups in total. The molecule has 0 atom stereocenters. The number of fused-ring (bicyclic) bond motifs is 3. The Labute approximate surface area is 327 Å². The third-order valence-corrected chi connectivity index (χ3v) is 11.1. The minimum atomic E-state index is -0.589. The zero-order chi connectivity index (χ0) is 37.5. The number of hydrogen-bond donors (Lipinski definition) is 0. The molecule has 1 aliphatic rings. The van der Waals surface area contributed by atoms with Gasteiger partial charge in [-0.3, -0.25) is 0 Å². The number of aromatic nitrogens is 3. The normalized spacial score (nSPS) is 12.5. The van der Waals surface area contributed by atoms with Crippen LogP contribution in [0.1, 0.15) is 27.8 Å². The standard InChI is InChI=1S/C53H37N3/c1-36-15-14-20-41(33-36)42-29-31-46-47-32-30-43(35-49(47)53(48(46)34-42,44-21-10-4-11-22-44)45-23-12-5-13-24-45)52-55-50(39-18-8-3-9-19-39)54-51(56-52)40-27-25-38(26-28-40)37-16-6-2-7-17-37/h2-35H,1H3. The van der Waals surface area contributed by atoms with Crippen LogP contribution in [0.15, 0.2) is 206 Å². The number of nitrogens with zero attached hydrogens (tertiary/aromatic N) is 3. The highest BCUT2D eigenvalue weighted by Crippen LogP contribution is 2.57. The Morgan fingerprint density at radius 1 is 0.304 bits per heavy atom. The average Bonchev–Trinajstić information content (AvgIpc) is 3.57. The van der Waals surface area contributed by atoms with Crippen LogP contribution in [0.25, 0.3) is 67.5 Å². The minimum absolute atomic E-state index is 0.589. The van der Waals surface area contributed by atoms with Crippen molar-refractivity contribution in [2.75, 3.05) is 0 Å². The molecule has 56 heavy (non-hydrogen) atoms. The molecule has 10 rings (SSSR count). The predicted molar refractivity (Wildman–Crippen MR) is 229 cm³/mol. The molecule has 264 valence electrons. The fourth-order valence-corrected chi connectivity index (χ4v) is 8.42. The maximum absolute atomic E-state index is 5.21. The molecule has 0 bridgehead atoms. The van der Waals surface area contributed by atoms with Crippen LogP contribution in [0.5, 0.6) is 0 Å². The van der Waals surface area contributed by atoms with E-state index in [1.54, 1.807) is 0 Å². The van der Waals surface area contributed by atoms with Gasteiger partial charge in [0.15, 0.2) is 17.5 Å². The highest BCUT2D eigenvalue weighted by molar-refractivity contribution is 5.90. The van der Waals surface area contributed by atoms with Crippen molar-refractivity contribution in [1.29, 1.82) is 0 Å². The number of aryl methyl sites for hydroxylation is 1. The Kier molecular flexibility index (Phi) is 8.26. The largest absolute Gasteiger partial charge is 0.208 e. The summed E-state index contributed by atoms with van der Waals surface area (Å²) in [5, 5.41) is 0. The lowest BCUT2D eigenvalue weighted by Crippen LogP contribution is -2.28. The van der Waals surface area contributed by atoms with Gasteiger partial charge in [-0.25, -0.2) is 15.0 Å². The molecule has 9 aromatic rings. The fourth-order valence-electron chi connectivity index (χ4n) is 8.42. The topological polar surface area (TPSA) is 38.7 Å². The van der Waals surface area contributed by atoms with Crippen LogP contribution in [0.2, 0.25) is 0 Å². The second-order valence-electron chi connectivity index (χ2n) is 14.5. The Bertz CT molecular complexity index is 2790. The van der Waals surface area contributed by atoms with Crippen LogP contribution in [-0.4, -0.2) is 15.0 Å². The van der Waals surface area contributed by atoms with Crippen molar-refractivity contribution >= 4 is 0 Å². The van der Waals surface area contributed by atoms with Gasteiger partial charge in [-0.1, -0.05) is 200 Å². The van der Waals surface area contributed by atoms with E-state index in [1.807, 2.05) is 24.3 Å². The second-order valence-corrected chi connectivity index (χ2v) is 14.5. The molecule has 0 spiro atoms. The average molecular weight is 716 g/mol. The number of benzene rings is 8. The van der Waals surface area contributed by atoms with E-state index >= 15 is 0 Å². The molecule has 0 amide bonds. The van der Waals surface area contributed by atoms with Crippen LogP contribution in [0.3, 0.4) is 0 Å². The van der Waals surface area contributed by atoms with Crippen molar-refractivity contribution in [2.24, 2.45) is 0 Å². The van der Waals surface area contributed by atoms with Crippen LogP contribution < -0.4 is 0 Å². The maximum atomic E-state index is 5.21. The van der Waals surface area contributed by atoms with E-state index in [4.69, 9.17) is 15.0 Å². The molecule has 0 saturated heterocycles.